The lowest BCUT2D eigenvalue weighted by molar-refractivity contribution is 0.0710. The number of carbonyl (C=O) groups excluding carboxylic acids is 1. The van der Waals surface area contributed by atoms with Gasteiger partial charge in [-0.25, -0.2) is 0 Å². The van der Waals surface area contributed by atoms with E-state index in [4.69, 9.17) is 20.9 Å². The number of aromatic nitrogens is 2. The van der Waals surface area contributed by atoms with Gasteiger partial charge in [0.1, 0.15) is 11.8 Å². The number of ether oxygens (including phenoxy) is 1. The van der Waals surface area contributed by atoms with E-state index >= 15 is 0 Å². The molecule has 1 amide bonds. The van der Waals surface area contributed by atoms with Gasteiger partial charge in [-0.1, -0.05) is 22.8 Å². The summed E-state index contributed by atoms with van der Waals surface area (Å²) in [6, 6.07) is 14.2. The molecule has 1 atom stereocenters. The number of rotatable bonds is 4. The molecule has 0 bridgehead atoms. The van der Waals surface area contributed by atoms with Gasteiger partial charge in [-0.05, 0) is 55.3 Å². The van der Waals surface area contributed by atoms with Crippen LogP contribution in [0.15, 0.2) is 53.1 Å². The van der Waals surface area contributed by atoms with Crippen molar-refractivity contribution < 1.29 is 14.1 Å². The Bertz CT molecular complexity index is 955. The number of benzene rings is 2. The van der Waals surface area contributed by atoms with Crippen molar-refractivity contribution in [2.45, 2.75) is 18.9 Å². The van der Waals surface area contributed by atoms with Crippen LogP contribution in [0.5, 0.6) is 5.75 Å². The van der Waals surface area contributed by atoms with E-state index in [9.17, 15) is 4.79 Å². The van der Waals surface area contributed by atoms with Crippen molar-refractivity contribution in [2.75, 3.05) is 13.7 Å². The summed E-state index contributed by atoms with van der Waals surface area (Å²) in [5.41, 5.74) is 1.39. The molecule has 1 aromatic heterocycles. The van der Waals surface area contributed by atoms with Crippen molar-refractivity contribution in [3.63, 3.8) is 0 Å². The summed E-state index contributed by atoms with van der Waals surface area (Å²) in [5.74, 6) is 1.63. The highest BCUT2D eigenvalue weighted by Crippen LogP contribution is 2.33. The van der Waals surface area contributed by atoms with E-state index in [1.54, 1.807) is 36.3 Å². The quantitative estimate of drug-likeness (QED) is 0.668. The monoisotopic (exact) mass is 383 g/mol. The van der Waals surface area contributed by atoms with Gasteiger partial charge in [0.15, 0.2) is 0 Å². The van der Waals surface area contributed by atoms with Gasteiger partial charge in [-0.3, -0.25) is 4.79 Å². The Kier molecular flexibility index (Phi) is 4.81. The fourth-order valence-electron chi connectivity index (χ4n) is 3.28. The first kappa shape index (κ1) is 17.5. The highest BCUT2D eigenvalue weighted by molar-refractivity contribution is 6.30. The third-order valence-corrected chi connectivity index (χ3v) is 4.90. The fourth-order valence-corrected chi connectivity index (χ4v) is 3.47. The van der Waals surface area contributed by atoms with Crippen molar-refractivity contribution in [1.82, 2.24) is 15.0 Å². The normalized spacial score (nSPS) is 16.5. The average Bonchev–Trinajstić information content (AvgIpc) is 3.37. The lowest BCUT2D eigenvalue weighted by atomic mass is 10.1. The summed E-state index contributed by atoms with van der Waals surface area (Å²) in [5, 5.41) is 4.62. The molecule has 7 heteroatoms. The minimum absolute atomic E-state index is 0.0794. The molecule has 4 rings (SSSR count). The lowest BCUT2D eigenvalue weighted by Gasteiger charge is -2.22. The van der Waals surface area contributed by atoms with Crippen LogP contribution in [0, 0.1) is 0 Å². The van der Waals surface area contributed by atoms with Crippen molar-refractivity contribution in [2.24, 2.45) is 0 Å². The van der Waals surface area contributed by atoms with Gasteiger partial charge in [0.05, 0.1) is 7.11 Å². The lowest BCUT2D eigenvalue weighted by Crippen LogP contribution is -2.30. The molecule has 138 valence electrons. The molecule has 0 aliphatic carbocycles. The Labute approximate surface area is 161 Å². The Morgan fingerprint density at radius 3 is 2.81 bits per heavy atom. The minimum atomic E-state index is -0.226. The Balaban J connectivity index is 1.57. The van der Waals surface area contributed by atoms with Crippen LogP contribution in [0.1, 0.15) is 35.1 Å². The maximum Gasteiger partial charge on any atom is 0.254 e. The standard InChI is InChI=1S/C20H18ClN3O3/c1-26-16-9-7-13(8-10-16)18-22-19(27-23-18)17-6-3-11-24(17)20(25)14-4-2-5-15(21)12-14/h2,4-5,7-10,12,17H,3,6,11H2,1H3/t17-/m1/s1. The Hall–Kier alpha value is -2.86. The number of likely N-dealkylation sites (tertiary alicyclic amines) is 1. The second kappa shape index (κ2) is 7.40. The van der Waals surface area contributed by atoms with Crippen LogP contribution in [0.4, 0.5) is 0 Å². The maximum absolute atomic E-state index is 12.9. The van der Waals surface area contributed by atoms with E-state index in [1.807, 2.05) is 24.3 Å². The zero-order valence-corrected chi connectivity index (χ0v) is 15.5. The van der Waals surface area contributed by atoms with E-state index in [-0.39, 0.29) is 11.9 Å². The molecule has 0 N–H and O–H groups in total. The van der Waals surface area contributed by atoms with Crippen molar-refractivity contribution in [3.05, 3.63) is 65.0 Å². The molecule has 1 saturated heterocycles. The molecule has 3 aromatic rings. The molecule has 0 unspecified atom stereocenters. The Morgan fingerprint density at radius 2 is 2.07 bits per heavy atom. The van der Waals surface area contributed by atoms with Crippen LogP contribution in [0.3, 0.4) is 0 Å². The second-order valence-corrected chi connectivity index (χ2v) is 6.79. The maximum atomic E-state index is 12.9. The summed E-state index contributed by atoms with van der Waals surface area (Å²) in [6.45, 7) is 0.649. The van der Waals surface area contributed by atoms with E-state index in [1.165, 1.54) is 0 Å². The topological polar surface area (TPSA) is 68.5 Å². The minimum Gasteiger partial charge on any atom is -0.497 e. The summed E-state index contributed by atoms with van der Waals surface area (Å²) >= 11 is 6.02. The summed E-state index contributed by atoms with van der Waals surface area (Å²) in [4.78, 5) is 19.2. The first-order valence-electron chi connectivity index (χ1n) is 8.70. The largest absolute Gasteiger partial charge is 0.497 e. The highest BCUT2D eigenvalue weighted by atomic mass is 35.5. The van der Waals surface area contributed by atoms with Crippen LogP contribution in [-0.2, 0) is 0 Å². The molecule has 0 spiro atoms. The predicted molar refractivity (Wildman–Crippen MR) is 101 cm³/mol. The number of methoxy groups -OCH3 is 1. The molecule has 0 saturated carbocycles. The number of carbonyl (C=O) groups is 1. The van der Waals surface area contributed by atoms with Gasteiger partial charge in [0.25, 0.3) is 5.91 Å². The summed E-state index contributed by atoms with van der Waals surface area (Å²) < 4.78 is 10.7. The van der Waals surface area contributed by atoms with Crippen LogP contribution < -0.4 is 4.74 Å². The van der Waals surface area contributed by atoms with Crippen molar-refractivity contribution >= 4 is 17.5 Å². The number of hydrogen-bond acceptors (Lipinski definition) is 5. The van der Waals surface area contributed by atoms with Gasteiger partial charge in [0, 0.05) is 22.7 Å². The zero-order valence-electron chi connectivity index (χ0n) is 14.8. The molecule has 6 nitrogen and oxygen atoms in total. The SMILES string of the molecule is COc1ccc(-c2noc([C@H]3CCCN3C(=O)c3cccc(Cl)c3)n2)cc1. The van der Waals surface area contributed by atoms with E-state index in [0.717, 1.165) is 24.2 Å². The first-order chi connectivity index (χ1) is 13.2. The van der Waals surface area contributed by atoms with Gasteiger partial charge < -0.3 is 14.2 Å². The first-order valence-corrected chi connectivity index (χ1v) is 9.08. The zero-order chi connectivity index (χ0) is 18.8. The summed E-state index contributed by atoms with van der Waals surface area (Å²) in [6.07, 6.45) is 1.67. The van der Waals surface area contributed by atoms with Crippen LogP contribution in [0.25, 0.3) is 11.4 Å². The number of amides is 1. The van der Waals surface area contributed by atoms with Crippen molar-refractivity contribution in [1.29, 1.82) is 0 Å². The Morgan fingerprint density at radius 1 is 1.26 bits per heavy atom. The molecular weight excluding hydrogens is 366 g/mol. The van der Waals surface area contributed by atoms with Crippen LogP contribution in [0.2, 0.25) is 5.02 Å². The molecule has 2 heterocycles. The molecule has 1 fully saturated rings. The van der Waals surface area contributed by atoms with Gasteiger partial charge in [-0.2, -0.15) is 4.98 Å². The van der Waals surface area contributed by atoms with E-state index in [2.05, 4.69) is 10.1 Å². The van der Waals surface area contributed by atoms with Crippen LogP contribution in [-0.4, -0.2) is 34.6 Å². The molecule has 1 aliphatic heterocycles. The van der Waals surface area contributed by atoms with E-state index in [0.29, 0.717) is 28.8 Å². The number of nitrogens with zero attached hydrogens (tertiary/aromatic N) is 3. The van der Waals surface area contributed by atoms with Gasteiger partial charge in [0.2, 0.25) is 11.7 Å². The molecular formula is C20H18ClN3O3. The van der Waals surface area contributed by atoms with Crippen molar-refractivity contribution in [3.8, 4) is 17.1 Å². The van der Waals surface area contributed by atoms with Crippen LogP contribution >= 0.6 is 11.6 Å². The molecule has 27 heavy (non-hydrogen) atoms. The van der Waals surface area contributed by atoms with E-state index < -0.39 is 0 Å². The molecule has 0 radical (unpaired) electrons. The van der Waals surface area contributed by atoms with Gasteiger partial charge >= 0.3 is 0 Å². The molecule has 2 aromatic carbocycles. The molecule has 1 aliphatic rings. The fraction of sp³-hybridized carbons (Fsp3) is 0.250. The number of hydrogen-bond donors (Lipinski definition) is 0. The van der Waals surface area contributed by atoms with Gasteiger partial charge in [-0.15, -0.1) is 0 Å². The number of halogens is 1. The summed E-state index contributed by atoms with van der Waals surface area (Å²) in [7, 11) is 1.62. The smallest absolute Gasteiger partial charge is 0.254 e. The highest BCUT2D eigenvalue weighted by Gasteiger charge is 2.34. The predicted octanol–water partition coefficient (Wildman–Crippen LogP) is 4.38. The average molecular weight is 384 g/mol. The second-order valence-electron chi connectivity index (χ2n) is 6.35. The third kappa shape index (κ3) is 3.53. The third-order valence-electron chi connectivity index (χ3n) is 4.66.